The van der Waals surface area contributed by atoms with Crippen LogP contribution in [0.25, 0.3) is 11.0 Å². The number of aryl methyl sites for hydroxylation is 2. The fourth-order valence-corrected chi connectivity index (χ4v) is 4.11. The zero-order valence-corrected chi connectivity index (χ0v) is 13.7. The first-order chi connectivity index (χ1) is 11.1. The molecule has 1 saturated heterocycles. The Kier molecular flexibility index (Phi) is 3.64. The Morgan fingerprint density at radius 1 is 1.13 bits per heavy atom. The first-order valence-electron chi connectivity index (χ1n) is 8.67. The third-order valence-corrected chi connectivity index (χ3v) is 5.39. The number of aromatic hydroxyl groups is 1. The Labute approximate surface area is 135 Å². The highest BCUT2D eigenvalue weighted by molar-refractivity contribution is 5.89. The van der Waals surface area contributed by atoms with Gasteiger partial charge in [0.25, 0.3) is 0 Å². The van der Waals surface area contributed by atoms with Crippen LogP contribution in [0.4, 0.5) is 0 Å². The molecule has 0 atom stereocenters. The molecule has 1 aliphatic heterocycles. The average molecular weight is 313 g/mol. The summed E-state index contributed by atoms with van der Waals surface area (Å²) in [6.45, 7) is 4.96. The van der Waals surface area contributed by atoms with Gasteiger partial charge in [-0.2, -0.15) is 0 Å². The number of rotatable bonds is 2. The second-order valence-electron chi connectivity index (χ2n) is 6.93. The molecule has 4 nitrogen and oxygen atoms in total. The van der Waals surface area contributed by atoms with E-state index in [0.29, 0.717) is 11.3 Å². The SMILES string of the molecule is Cc1cc2oc(=O)c3c(c2c(O)c1CN1CCCC1)CCCC3. The molecule has 0 unspecified atom stereocenters. The molecule has 1 fully saturated rings. The van der Waals surface area contributed by atoms with Gasteiger partial charge in [-0.05, 0) is 75.7 Å². The van der Waals surface area contributed by atoms with Gasteiger partial charge >= 0.3 is 5.63 Å². The van der Waals surface area contributed by atoms with Gasteiger partial charge in [0.1, 0.15) is 11.3 Å². The largest absolute Gasteiger partial charge is 0.507 e. The highest BCUT2D eigenvalue weighted by Crippen LogP contribution is 2.37. The van der Waals surface area contributed by atoms with Crippen LogP contribution in [-0.2, 0) is 19.4 Å². The third kappa shape index (κ3) is 2.45. The van der Waals surface area contributed by atoms with Crippen LogP contribution in [0.3, 0.4) is 0 Å². The van der Waals surface area contributed by atoms with Gasteiger partial charge < -0.3 is 9.52 Å². The number of benzene rings is 1. The van der Waals surface area contributed by atoms with Crippen LogP contribution < -0.4 is 5.63 Å². The van der Waals surface area contributed by atoms with Crippen LogP contribution in [0, 0.1) is 6.92 Å². The maximum atomic E-state index is 12.2. The van der Waals surface area contributed by atoms with Gasteiger partial charge in [-0.3, -0.25) is 4.90 Å². The van der Waals surface area contributed by atoms with Crippen LogP contribution in [0.5, 0.6) is 5.75 Å². The quantitative estimate of drug-likeness (QED) is 0.865. The van der Waals surface area contributed by atoms with Gasteiger partial charge in [-0.1, -0.05) is 0 Å². The van der Waals surface area contributed by atoms with E-state index in [2.05, 4.69) is 4.90 Å². The molecule has 4 heteroatoms. The van der Waals surface area contributed by atoms with Crippen LogP contribution in [0.1, 0.15) is 47.9 Å². The molecule has 1 aliphatic carbocycles. The lowest BCUT2D eigenvalue weighted by Crippen LogP contribution is -2.20. The van der Waals surface area contributed by atoms with Crippen molar-refractivity contribution >= 4 is 11.0 Å². The van der Waals surface area contributed by atoms with E-state index in [1.807, 2.05) is 13.0 Å². The predicted molar refractivity (Wildman–Crippen MR) is 90.0 cm³/mol. The van der Waals surface area contributed by atoms with Crippen molar-refractivity contribution in [1.29, 1.82) is 0 Å². The molecule has 1 aromatic heterocycles. The zero-order valence-electron chi connectivity index (χ0n) is 13.7. The number of fused-ring (bicyclic) bond motifs is 3. The Balaban J connectivity index is 1.91. The highest BCUT2D eigenvalue weighted by Gasteiger charge is 2.24. The molecule has 1 N–H and O–H groups in total. The first-order valence-corrected chi connectivity index (χ1v) is 8.67. The van der Waals surface area contributed by atoms with Crippen LogP contribution in [-0.4, -0.2) is 23.1 Å². The second-order valence-corrected chi connectivity index (χ2v) is 6.93. The van der Waals surface area contributed by atoms with Crippen molar-refractivity contribution in [1.82, 2.24) is 4.90 Å². The third-order valence-electron chi connectivity index (χ3n) is 5.39. The van der Waals surface area contributed by atoms with Crippen molar-refractivity contribution < 1.29 is 9.52 Å². The summed E-state index contributed by atoms with van der Waals surface area (Å²) in [5.41, 5.74) is 4.09. The smallest absolute Gasteiger partial charge is 0.339 e. The Morgan fingerprint density at radius 3 is 2.57 bits per heavy atom. The molecule has 23 heavy (non-hydrogen) atoms. The summed E-state index contributed by atoms with van der Waals surface area (Å²) in [6.07, 6.45) is 6.19. The lowest BCUT2D eigenvalue weighted by Gasteiger charge is -2.21. The average Bonchev–Trinajstić information content (AvgIpc) is 3.04. The molecule has 2 heterocycles. The van der Waals surface area contributed by atoms with Crippen molar-refractivity contribution in [2.75, 3.05) is 13.1 Å². The van der Waals surface area contributed by atoms with E-state index in [4.69, 9.17) is 4.42 Å². The van der Waals surface area contributed by atoms with Crippen molar-refractivity contribution in [2.45, 2.75) is 52.0 Å². The normalized spacial score (nSPS) is 18.5. The summed E-state index contributed by atoms with van der Waals surface area (Å²) in [5.74, 6) is 0.328. The first kappa shape index (κ1) is 14.8. The molecule has 0 radical (unpaired) electrons. The molecule has 2 aliphatic rings. The van der Waals surface area contributed by atoms with Gasteiger partial charge in [0, 0.05) is 17.7 Å². The summed E-state index contributed by atoms with van der Waals surface area (Å²) >= 11 is 0. The van der Waals surface area contributed by atoms with Crippen LogP contribution in [0.2, 0.25) is 0 Å². The molecular formula is C19H23NO3. The second kappa shape index (κ2) is 5.68. The number of phenolic OH excluding ortho intramolecular Hbond substituents is 1. The van der Waals surface area contributed by atoms with Crippen LogP contribution >= 0.6 is 0 Å². The van der Waals surface area contributed by atoms with Crippen molar-refractivity contribution in [3.05, 3.63) is 38.7 Å². The Morgan fingerprint density at radius 2 is 1.83 bits per heavy atom. The van der Waals surface area contributed by atoms with E-state index in [1.165, 1.54) is 12.8 Å². The number of nitrogens with zero attached hydrogens (tertiary/aromatic N) is 1. The molecule has 0 saturated carbocycles. The standard InChI is InChI=1S/C19H23NO3/c1-12-10-16-17(13-6-2-3-7-14(13)19(22)23-16)18(21)15(12)11-20-8-4-5-9-20/h10,21H,2-9,11H2,1H3. The van der Waals surface area contributed by atoms with E-state index in [9.17, 15) is 9.90 Å². The number of likely N-dealkylation sites (tertiary alicyclic amines) is 1. The fourth-order valence-electron chi connectivity index (χ4n) is 4.11. The maximum Gasteiger partial charge on any atom is 0.339 e. The number of phenols is 1. The minimum atomic E-state index is -0.224. The van der Waals surface area contributed by atoms with E-state index in [0.717, 1.165) is 73.0 Å². The van der Waals surface area contributed by atoms with Gasteiger partial charge in [-0.15, -0.1) is 0 Å². The Hall–Kier alpha value is -1.81. The molecule has 4 rings (SSSR count). The molecule has 1 aromatic carbocycles. The topological polar surface area (TPSA) is 53.7 Å². The van der Waals surface area contributed by atoms with Crippen LogP contribution in [0.15, 0.2) is 15.3 Å². The monoisotopic (exact) mass is 313 g/mol. The molecule has 122 valence electrons. The summed E-state index contributed by atoms with van der Waals surface area (Å²) < 4.78 is 5.52. The fraction of sp³-hybridized carbons (Fsp3) is 0.526. The summed E-state index contributed by atoms with van der Waals surface area (Å²) in [5, 5.41) is 11.7. The lowest BCUT2D eigenvalue weighted by molar-refractivity contribution is 0.324. The zero-order chi connectivity index (χ0) is 16.0. The van der Waals surface area contributed by atoms with Gasteiger partial charge in [0.2, 0.25) is 0 Å². The van der Waals surface area contributed by atoms with Crippen molar-refractivity contribution in [3.8, 4) is 5.75 Å². The maximum absolute atomic E-state index is 12.2. The number of hydrogen-bond acceptors (Lipinski definition) is 4. The van der Waals surface area contributed by atoms with E-state index >= 15 is 0 Å². The molecular weight excluding hydrogens is 290 g/mol. The van der Waals surface area contributed by atoms with Crippen molar-refractivity contribution in [3.63, 3.8) is 0 Å². The summed E-state index contributed by atoms with van der Waals surface area (Å²) in [4.78, 5) is 14.6. The summed E-state index contributed by atoms with van der Waals surface area (Å²) in [6, 6.07) is 1.93. The van der Waals surface area contributed by atoms with E-state index < -0.39 is 0 Å². The minimum Gasteiger partial charge on any atom is -0.507 e. The molecule has 0 spiro atoms. The lowest BCUT2D eigenvalue weighted by atomic mass is 9.89. The van der Waals surface area contributed by atoms with E-state index in [-0.39, 0.29) is 5.63 Å². The van der Waals surface area contributed by atoms with Crippen molar-refractivity contribution in [2.24, 2.45) is 0 Å². The van der Waals surface area contributed by atoms with E-state index in [1.54, 1.807) is 0 Å². The molecule has 0 bridgehead atoms. The highest BCUT2D eigenvalue weighted by atomic mass is 16.4. The predicted octanol–water partition coefficient (Wildman–Crippen LogP) is 3.28. The number of hydrogen-bond donors (Lipinski definition) is 1. The van der Waals surface area contributed by atoms with Gasteiger partial charge in [0.05, 0.1) is 5.39 Å². The molecule has 2 aromatic rings. The van der Waals surface area contributed by atoms with Gasteiger partial charge in [0.15, 0.2) is 0 Å². The summed E-state index contributed by atoms with van der Waals surface area (Å²) in [7, 11) is 0. The molecule has 0 amide bonds. The Bertz CT molecular complexity index is 816. The van der Waals surface area contributed by atoms with Gasteiger partial charge in [-0.25, -0.2) is 4.79 Å². The minimum absolute atomic E-state index is 0.224.